The molecule has 0 radical (unpaired) electrons. The van der Waals surface area contributed by atoms with Gasteiger partial charge in [-0.15, -0.1) is 0 Å². The summed E-state index contributed by atoms with van der Waals surface area (Å²) in [6.07, 6.45) is 13.3. The van der Waals surface area contributed by atoms with E-state index in [1.807, 2.05) is 12.1 Å². The van der Waals surface area contributed by atoms with Crippen LogP contribution < -0.4 is 5.32 Å². The predicted molar refractivity (Wildman–Crippen MR) is 133 cm³/mol. The average molecular weight is 432 g/mol. The Morgan fingerprint density at radius 2 is 1.26 bits per heavy atom. The van der Waals surface area contributed by atoms with Gasteiger partial charge in [0, 0.05) is 12.1 Å². The van der Waals surface area contributed by atoms with Crippen molar-refractivity contribution < 1.29 is 9.90 Å². The third kappa shape index (κ3) is 13.6. The molecule has 0 aromatic heterocycles. The standard InChI is InChI=1S/C28H49NO2/c1-22(2)9-6-10-23(3)11-7-12-24(4)13-8-14-25(5)21-26-15-17-27(18-16-26)28(31)29-19-20-30/h15-18,22-25,30H,6-14,19-21H2,1-5H3,(H,29,31). The summed E-state index contributed by atoms with van der Waals surface area (Å²) in [5.41, 5.74) is 1.96. The molecule has 0 fully saturated rings. The van der Waals surface area contributed by atoms with E-state index in [4.69, 9.17) is 5.11 Å². The van der Waals surface area contributed by atoms with Gasteiger partial charge in [-0.3, -0.25) is 4.79 Å². The molecule has 0 aliphatic rings. The first-order valence-electron chi connectivity index (χ1n) is 12.8. The number of nitrogens with one attached hydrogen (secondary N) is 1. The number of benzene rings is 1. The molecule has 3 unspecified atom stereocenters. The molecule has 3 heteroatoms. The smallest absolute Gasteiger partial charge is 0.251 e. The average Bonchev–Trinajstić information content (AvgIpc) is 2.72. The van der Waals surface area contributed by atoms with Crippen molar-refractivity contribution in [2.75, 3.05) is 13.2 Å². The van der Waals surface area contributed by atoms with Crippen LogP contribution >= 0.6 is 0 Å². The molecule has 31 heavy (non-hydrogen) atoms. The largest absolute Gasteiger partial charge is 0.395 e. The molecule has 0 bridgehead atoms. The first kappa shape index (κ1) is 27.7. The lowest BCUT2D eigenvalue weighted by Gasteiger charge is -2.16. The molecule has 178 valence electrons. The molecule has 1 rings (SSSR count). The first-order valence-corrected chi connectivity index (χ1v) is 12.8. The Hall–Kier alpha value is -1.35. The van der Waals surface area contributed by atoms with Crippen molar-refractivity contribution in [3.63, 3.8) is 0 Å². The lowest BCUT2D eigenvalue weighted by molar-refractivity contribution is 0.0945. The zero-order valence-electron chi connectivity index (χ0n) is 21.0. The summed E-state index contributed by atoms with van der Waals surface area (Å²) in [4.78, 5) is 11.9. The number of hydrogen-bond donors (Lipinski definition) is 2. The van der Waals surface area contributed by atoms with Crippen LogP contribution in [-0.2, 0) is 6.42 Å². The second-order valence-corrected chi connectivity index (χ2v) is 10.4. The fourth-order valence-electron chi connectivity index (χ4n) is 4.36. The predicted octanol–water partition coefficient (Wildman–Crippen LogP) is 7.03. The van der Waals surface area contributed by atoms with Gasteiger partial charge in [-0.1, -0.05) is 105 Å². The Balaban J connectivity index is 2.16. The van der Waals surface area contributed by atoms with Crippen LogP contribution in [-0.4, -0.2) is 24.2 Å². The maximum Gasteiger partial charge on any atom is 0.251 e. The van der Waals surface area contributed by atoms with Crippen LogP contribution in [0.2, 0.25) is 0 Å². The van der Waals surface area contributed by atoms with Crippen LogP contribution in [0, 0.1) is 23.7 Å². The number of carbonyl (C=O) groups excluding carboxylic acids is 1. The minimum Gasteiger partial charge on any atom is -0.395 e. The first-order chi connectivity index (χ1) is 14.8. The summed E-state index contributed by atoms with van der Waals surface area (Å²) in [7, 11) is 0. The van der Waals surface area contributed by atoms with Gasteiger partial charge < -0.3 is 10.4 Å². The normalized spacial score (nSPS) is 14.4. The topological polar surface area (TPSA) is 49.3 Å². The third-order valence-electron chi connectivity index (χ3n) is 6.46. The molecular weight excluding hydrogens is 382 g/mol. The van der Waals surface area contributed by atoms with Crippen LogP contribution in [0.5, 0.6) is 0 Å². The van der Waals surface area contributed by atoms with Gasteiger partial charge in [0.05, 0.1) is 6.61 Å². The highest BCUT2D eigenvalue weighted by Crippen LogP contribution is 2.23. The van der Waals surface area contributed by atoms with E-state index >= 15 is 0 Å². The molecule has 3 atom stereocenters. The molecule has 0 saturated carbocycles. The van der Waals surface area contributed by atoms with Gasteiger partial charge in [0.2, 0.25) is 0 Å². The number of aliphatic hydroxyl groups is 1. The highest BCUT2D eigenvalue weighted by molar-refractivity contribution is 5.94. The molecule has 1 amide bonds. The molecular formula is C28H49NO2. The molecule has 1 aromatic rings. The summed E-state index contributed by atoms with van der Waals surface area (Å²) in [5.74, 6) is 3.12. The lowest BCUT2D eigenvalue weighted by atomic mass is 9.90. The van der Waals surface area contributed by atoms with E-state index in [-0.39, 0.29) is 12.5 Å². The minimum absolute atomic E-state index is 0.0302. The van der Waals surface area contributed by atoms with Gasteiger partial charge in [-0.2, -0.15) is 0 Å². The van der Waals surface area contributed by atoms with Gasteiger partial charge >= 0.3 is 0 Å². The highest BCUT2D eigenvalue weighted by atomic mass is 16.3. The third-order valence-corrected chi connectivity index (χ3v) is 6.46. The molecule has 3 nitrogen and oxygen atoms in total. The van der Waals surface area contributed by atoms with E-state index in [9.17, 15) is 4.79 Å². The van der Waals surface area contributed by atoms with Gasteiger partial charge in [-0.05, 0) is 47.8 Å². The van der Waals surface area contributed by atoms with Crippen LogP contribution in [0.1, 0.15) is 108 Å². The SMILES string of the molecule is CC(C)CCCC(C)CCCC(C)CCCC(C)Cc1ccc(C(=O)NCCO)cc1. The zero-order valence-corrected chi connectivity index (χ0v) is 21.0. The number of rotatable bonds is 17. The second-order valence-electron chi connectivity index (χ2n) is 10.4. The molecule has 0 saturated heterocycles. The molecule has 0 aliphatic heterocycles. The van der Waals surface area contributed by atoms with Crippen molar-refractivity contribution in [2.24, 2.45) is 23.7 Å². The van der Waals surface area contributed by atoms with E-state index in [0.29, 0.717) is 18.0 Å². The van der Waals surface area contributed by atoms with Crippen LogP contribution in [0.4, 0.5) is 0 Å². The van der Waals surface area contributed by atoms with Crippen LogP contribution in [0.3, 0.4) is 0 Å². The highest BCUT2D eigenvalue weighted by Gasteiger charge is 2.10. The van der Waals surface area contributed by atoms with Gasteiger partial charge in [-0.25, -0.2) is 0 Å². The number of carbonyl (C=O) groups is 1. The van der Waals surface area contributed by atoms with Gasteiger partial charge in [0.1, 0.15) is 0 Å². The summed E-state index contributed by atoms with van der Waals surface area (Å²) >= 11 is 0. The monoisotopic (exact) mass is 431 g/mol. The lowest BCUT2D eigenvalue weighted by Crippen LogP contribution is -2.26. The fourth-order valence-corrected chi connectivity index (χ4v) is 4.36. The Morgan fingerprint density at radius 1 is 0.774 bits per heavy atom. The van der Waals surface area contributed by atoms with Gasteiger partial charge in [0.25, 0.3) is 5.91 Å². The molecule has 0 aliphatic carbocycles. The van der Waals surface area contributed by atoms with E-state index < -0.39 is 0 Å². The number of amides is 1. The van der Waals surface area contributed by atoms with E-state index in [1.54, 1.807) is 0 Å². The quantitative estimate of drug-likeness (QED) is 0.278. The Bertz CT molecular complexity index is 581. The fraction of sp³-hybridized carbons (Fsp3) is 0.750. The van der Waals surface area contributed by atoms with Crippen molar-refractivity contribution in [1.29, 1.82) is 0 Å². The second kappa shape index (κ2) is 16.3. The van der Waals surface area contributed by atoms with Gasteiger partial charge in [0.15, 0.2) is 0 Å². The maximum absolute atomic E-state index is 11.9. The maximum atomic E-state index is 11.9. The molecule has 1 aromatic carbocycles. The van der Waals surface area contributed by atoms with Crippen molar-refractivity contribution >= 4 is 5.91 Å². The molecule has 0 spiro atoms. The Kier molecular flexibility index (Phi) is 14.6. The minimum atomic E-state index is -0.118. The Labute approximate surface area is 192 Å². The Morgan fingerprint density at radius 3 is 1.74 bits per heavy atom. The van der Waals surface area contributed by atoms with Crippen LogP contribution in [0.15, 0.2) is 24.3 Å². The van der Waals surface area contributed by atoms with Crippen molar-refractivity contribution in [1.82, 2.24) is 5.32 Å². The summed E-state index contributed by atoms with van der Waals surface area (Å²) in [6, 6.07) is 7.91. The molecule has 2 N–H and O–H groups in total. The molecule has 0 heterocycles. The number of aliphatic hydroxyl groups excluding tert-OH is 1. The van der Waals surface area contributed by atoms with Crippen LogP contribution in [0.25, 0.3) is 0 Å². The van der Waals surface area contributed by atoms with E-state index in [1.165, 1.54) is 63.4 Å². The van der Waals surface area contributed by atoms with Crippen molar-refractivity contribution in [3.05, 3.63) is 35.4 Å². The van der Waals surface area contributed by atoms with E-state index in [2.05, 4.69) is 52.1 Å². The zero-order chi connectivity index (χ0) is 23.1. The summed E-state index contributed by atoms with van der Waals surface area (Å²) in [6.45, 7) is 12.1. The summed E-state index contributed by atoms with van der Waals surface area (Å²) < 4.78 is 0. The van der Waals surface area contributed by atoms with Crippen molar-refractivity contribution in [3.8, 4) is 0 Å². The van der Waals surface area contributed by atoms with E-state index in [0.717, 1.165) is 24.2 Å². The summed E-state index contributed by atoms with van der Waals surface area (Å²) in [5, 5.41) is 11.5. The number of hydrogen-bond acceptors (Lipinski definition) is 2. The van der Waals surface area contributed by atoms with Crippen molar-refractivity contribution in [2.45, 2.75) is 98.8 Å².